The number of benzene rings is 2. The Balaban J connectivity index is 1.60. The highest BCUT2D eigenvalue weighted by atomic mass is 35.5. The smallest absolute Gasteiger partial charge is 0.223 e. The largest absolute Gasteiger partial charge is 0.340 e. The number of amides is 1. The van der Waals surface area contributed by atoms with Gasteiger partial charge in [-0.05, 0) is 42.1 Å². The maximum Gasteiger partial charge on any atom is 0.223 e. The van der Waals surface area contributed by atoms with Crippen LogP contribution >= 0.6 is 22.1 Å². The summed E-state index contributed by atoms with van der Waals surface area (Å²) in [5, 5.41) is 3.06. The summed E-state index contributed by atoms with van der Waals surface area (Å²) in [5.74, 6) is 5.36. The summed E-state index contributed by atoms with van der Waals surface area (Å²) in [6, 6.07) is 12.3. The van der Waals surface area contributed by atoms with Crippen LogP contribution in [-0.2, 0) is 4.79 Å². The molecule has 3 nitrogen and oxygen atoms in total. The van der Waals surface area contributed by atoms with Gasteiger partial charge in [0.25, 0.3) is 0 Å². The first-order valence-electron chi connectivity index (χ1n) is 8.19. The highest BCUT2D eigenvalue weighted by molar-refractivity contribution is 8.14. The molecule has 24 heavy (non-hydrogen) atoms. The number of nitrogens with zero attached hydrogens (tertiary/aromatic N) is 2. The van der Waals surface area contributed by atoms with Crippen LogP contribution in [0.3, 0.4) is 0 Å². The molecule has 1 aliphatic rings. The fourth-order valence-electron chi connectivity index (χ4n) is 2.92. The highest BCUT2D eigenvalue weighted by Gasteiger charge is 2.18. The normalized spacial score (nSPS) is 17.2. The van der Waals surface area contributed by atoms with Crippen molar-refractivity contribution >= 4 is 44.6 Å². The molecule has 5 heteroatoms. The Labute approximate surface area is 151 Å². The van der Waals surface area contributed by atoms with Crippen molar-refractivity contribution in [2.75, 3.05) is 39.0 Å². The molecule has 1 unspecified atom stereocenters. The van der Waals surface area contributed by atoms with Gasteiger partial charge in [-0.3, -0.25) is 4.79 Å². The van der Waals surface area contributed by atoms with Crippen molar-refractivity contribution in [1.82, 2.24) is 9.80 Å². The maximum absolute atomic E-state index is 12.4. The Bertz CT molecular complexity index is 769. The number of fused-ring (bicyclic) bond motifs is 1. The fraction of sp³-hybridized carbons (Fsp3) is 0.368. The summed E-state index contributed by atoms with van der Waals surface area (Å²) >= 11 is 6.03. The average molecular weight is 363 g/mol. The van der Waals surface area contributed by atoms with Gasteiger partial charge < -0.3 is 9.80 Å². The molecule has 0 radical (unpaired) electrons. The van der Waals surface area contributed by atoms with E-state index >= 15 is 0 Å². The van der Waals surface area contributed by atoms with E-state index < -0.39 is 0 Å². The summed E-state index contributed by atoms with van der Waals surface area (Å²) in [4.78, 5) is 17.8. The fourth-order valence-corrected chi connectivity index (χ4v) is 4.31. The van der Waals surface area contributed by atoms with E-state index in [4.69, 9.17) is 11.6 Å². The Hall–Kier alpha value is -1.36. The third kappa shape index (κ3) is 4.18. The zero-order valence-corrected chi connectivity index (χ0v) is 15.6. The van der Waals surface area contributed by atoms with E-state index in [2.05, 4.69) is 36.0 Å². The summed E-state index contributed by atoms with van der Waals surface area (Å²) in [7, 11) is 1.93. The monoisotopic (exact) mass is 362 g/mol. The van der Waals surface area contributed by atoms with Gasteiger partial charge >= 0.3 is 0 Å². The SMILES string of the molecule is C=S(CCC(=O)N1CCN(C)CC1)c1ccc2cc(Cl)ccc2c1. The Morgan fingerprint density at radius 2 is 1.79 bits per heavy atom. The minimum atomic E-state index is -0.168. The topological polar surface area (TPSA) is 23.6 Å². The maximum atomic E-state index is 12.4. The van der Waals surface area contributed by atoms with Gasteiger partial charge in [-0.25, -0.2) is 0 Å². The first-order valence-corrected chi connectivity index (χ1v) is 10.1. The number of carbonyl (C=O) groups is 1. The lowest BCUT2D eigenvalue weighted by molar-refractivity contribution is -0.132. The van der Waals surface area contributed by atoms with Crippen molar-refractivity contribution in [2.24, 2.45) is 0 Å². The Morgan fingerprint density at radius 3 is 2.54 bits per heavy atom. The van der Waals surface area contributed by atoms with Gasteiger partial charge in [0.1, 0.15) is 0 Å². The zero-order valence-electron chi connectivity index (χ0n) is 14.0. The second-order valence-corrected chi connectivity index (χ2v) is 8.59. The van der Waals surface area contributed by atoms with Crippen molar-refractivity contribution in [1.29, 1.82) is 0 Å². The summed E-state index contributed by atoms with van der Waals surface area (Å²) in [6.45, 7) is 3.62. The highest BCUT2D eigenvalue weighted by Crippen LogP contribution is 2.30. The molecular weight excluding hydrogens is 340 g/mol. The third-order valence-corrected chi connectivity index (χ3v) is 6.38. The molecule has 128 valence electrons. The van der Waals surface area contributed by atoms with E-state index in [1.807, 2.05) is 23.1 Å². The van der Waals surface area contributed by atoms with Gasteiger partial charge in [0, 0.05) is 48.3 Å². The molecule has 1 fully saturated rings. The molecule has 0 bridgehead atoms. The second-order valence-electron chi connectivity index (χ2n) is 6.28. The summed E-state index contributed by atoms with van der Waals surface area (Å²) < 4.78 is 0. The van der Waals surface area contributed by atoms with Crippen LogP contribution in [0, 0.1) is 0 Å². The van der Waals surface area contributed by atoms with E-state index in [0.29, 0.717) is 6.42 Å². The van der Waals surface area contributed by atoms with Crippen molar-refractivity contribution in [3.05, 3.63) is 41.4 Å². The number of rotatable bonds is 4. The molecule has 1 aliphatic heterocycles. The number of hydrogen-bond donors (Lipinski definition) is 0. The van der Waals surface area contributed by atoms with Crippen LogP contribution in [0.5, 0.6) is 0 Å². The molecule has 1 atom stereocenters. The van der Waals surface area contributed by atoms with Gasteiger partial charge in [-0.1, -0.05) is 29.6 Å². The Kier molecular flexibility index (Phi) is 5.59. The number of halogens is 1. The molecule has 0 spiro atoms. The molecular formula is C19H23ClN2OS. The number of carbonyl (C=O) groups excluding carboxylic acids is 1. The molecule has 0 aromatic heterocycles. The molecule has 3 rings (SSSR count). The number of piperazine rings is 1. The van der Waals surface area contributed by atoms with Crippen LogP contribution in [0.4, 0.5) is 0 Å². The van der Waals surface area contributed by atoms with Crippen LogP contribution in [0.1, 0.15) is 6.42 Å². The third-order valence-electron chi connectivity index (χ3n) is 4.53. The van der Waals surface area contributed by atoms with Gasteiger partial charge in [0.15, 0.2) is 0 Å². The first-order chi connectivity index (χ1) is 11.5. The predicted molar refractivity (Wildman–Crippen MR) is 105 cm³/mol. The van der Waals surface area contributed by atoms with E-state index in [1.165, 1.54) is 10.3 Å². The molecule has 1 heterocycles. The van der Waals surface area contributed by atoms with E-state index in [9.17, 15) is 4.79 Å². The second kappa shape index (κ2) is 7.68. The average Bonchev–Trinajstić information content (AvgIpc) is 2.59. The Morgan fingerprint density at radius 1 is 1.12 bits per heavy atom. The summed E-state index contributed by atoms with van der Waals surface area (Å²) in [5.41, 5.74) is 0. The molecule has 2 aromatic carbocycles. The predicted octanol–water partition coefficient (Wildman–Crippen LogP) is 3.72. The van der Waals surface area contributed by atoms with Crippen molar-refractivity contribution in [2.45, 2.75) is 11.3 Å². The van der Waals surface area contributed by atoms with Crippen LogP contribution in [-0.4, -0.2) is 60.6 Å². The molecule has 1 amide bonds. The number of hydrogen-bond acceptors (Lipinski definition) is 2. The van der Waals surface area contributed by atoms with E-state index in [0.717, 1.165) is 42.3 Å². The van der Waals surface area contributed by atoms with Crippen molar-refractivity contribution in [3.8, 4) is 0 Å². The minimum Gasteiger partial charge on any atom is -0.340 e. The molecule has 0 aliphatic carbocycles. The lowest BCUT2D eigenvalue weighted by Gasteiger charge is -2.32. The lowest BCUT2D eigenvalue weighted by atomic mass is 10.1. The first kappa shape index (κ1) is 17.5. The van der Waals surface area contributed by atoms with E-state index in [-0.39, 0.29) is 16.4 Å². The standard InChI is InChI=1S/C19H23ClN2OS/c1-21-8-10-22(11-9-21)19(23)7-12-24(2)18-6-4-15-13-17(20)5-3-16(15)14-18/h3-6,13-14H,2,7-12H2,1H3. The molecule has 2 aromatic rings. The van der Waals surface area contributed by atoms with Gasteiger partial charge in [0.05, 0.1) is 0 Å². The molecule has 0 N–H and O–H groups in total. The van der Waals surface area contributed by atoms with Crippen molar-refractivity contribution in [3.63, 3.8) is 0 Å². The van der Waals surface area contributed by atoms with Crippen molar-refractivity contribution < 1.29 is 4.79 Å². The lowest BCUT2D eigenvalue weighted by Crippen LogP contribution is -2.47. The quantitative estimate of drug-likeness (QED) is 0.774. The van der Waals surface area contributed by atoms with Crippen LogP contribution in [0.15, 0.2) is 41.3 Å². The molecule has 1 saturated heterocycles. The number of likely N-dealkylation sites (N-methyl/N-ethyl adjacent to an activating group) is 1. The zero-order chi connectivity index (χ0) is 17.1. The minimum absolute atomic E-state index is 0.168. The van der Waals surface area contributed by atoms with Gasteiger partial charge in [0.2, 0.25) is 5.91 Å². The van der Waals surface area contributed by atoms with Crippen LogP contribution < -0.4 is 0 Å². The van der Waals surface area contributed by atoms with Gasteiger partial charge in [-0.2, -0.15) is 10.5 Å². The van der Waals surface area contributed by atoms with Crippen LogP contribution in [0.25, 0.3) is 10.8 Å². The van der Waals surface area contributed by atoms with Gasteiger partial charge in [-0.15, -0.1) is 0 Å². The summed E-state index contributed by atoms with van der Waals surface area (Å²) in [6.07, 6.45) is 0.578. The molecule has 0 saturated carbocycles. The van der Waals surface area contributed by atoms with E-state index in [1.54, 1.807) is 0 Å². The van der Waals surface area contributed by atoms with Crippen LogP contribution in [0.2, 0.25) is 5.02 Å².